The average molecular weight is 345 g/mol. The van der Waals surface area contributed by atoms with Crippen LogP contribution in [0, 0.1) is 5.92 Å². The summed E-state index contributed by atoms with van der Waals surface area (Å²) in [5.74, 6) is 0.300. The fraction of sp³-hybridized carbons (Fsp3) is 0.941. The number of nitrogens with zero attached hydrogens (tertiary/aromatic N) is 1. The summed E-state index contributed by atoms with van der Waals surface area (Å²) < 4.78 is 6.51. The molecule has 2 N–H and O–H groups in total. The van der Waals surface area contributed by atoms with Crippen molar-refractivity contribution in [2.45, 2.75) is 77.7 Å². The van der Waals surface area contributed by atoms with Gasteiger partial charge in [0, 0.05) is 18.6 Å². The molecule has 1 rings (SSSR count). The fourth-order valence-electron chi connectivity index (χ4n) is 2.71. The molecule has 1 aliphatic rings. The van der Waals surface area contributed by atoms with Crippen molar-refractivity contribution < 1.29 is 14.3 Å². The maximum Gasteiger partial charge on any atom is 0.407 e. The van der Waals surface area contributed by atoms with Crippen molar-refractivity contribution in [3.05, 3.63) is 0 Å². The van der Waals surface area contributed by atoms with Crippen LogP contribution < -0.4 is 5.32 Å². The Morgan fingerprint density at radius 3 is 2.22 bits per heavy atom. The first-order valence-corrected chi connectivity index (χ1v) is 11.5. The summed E-state index contributed by atoms with van der Waals surface area (Å²) in [5, 5.41) is 13.1. The van der Waals surface area contributed by atoms with E-state index >= 15 is 0 Å². The van der Waals surface area contributed by atoms with Crippen LogP contribution in [0.3, 0.4) is 0 Å². The molecule has 0 radical (unpaired) electrons. The van der Waals surface area contributed by atoms with Crippen molar-refractivity contribution in [3.8, 4) is 0 Å². The molecule has 5 nitrogen and oxygen atoms in total. The third kappa shape index (κ3) is 5.76. The minimum Gasteiger partial charge on any atom is -0.465 e. The van der Waals surface area contributed by atoms with E-state index in [0.717, 1.165) is 19.5 Å². The van der Waals surface area contributed by atoms with E-state index in [1.807, 2.05) is 20.8 Å². The zero-order valence-electron chi connectivity index (χ0n) is 16.2. The molecule has 0 aliphatic carbocycles. The second kappa shape index (κ2) is 7.11. The Balaban J connectivity index is 2.70. The number of carboxylic acid groups (broad SMARTS) is 1. The average Bonchev–Trinajstić information content (AvgIpc) is 2.32. The quantitative estimate of drug-likeness (QED) is 0.762. The van der Waals surface area contributed by atoms with Gasteiger partial charge >= 0.3 is 6.09 Å². The van der Waals surface area contributed by atoms with Crippen LogP contribution in [0.5, 0.6) is 0 Å². The molecule has 136 valence electrons. The number of hydrogen-bond donors (Lipinski definition) is 2. The summed E-state index contributed by atoms with van der Waals surface area (Å²) in [7, 11) is -1.79. The summed E-state index contributed by atoms with van der Waals surface area (Å²) in [6.45, 7) is 19.4. The van der Waals surface area contributed by atoms with E-state index in [1.165, 1.54) is 0 Å². The molecular weight excluding hydrogens is 308 g/mol. The van der Waals surface area contributed by atoms with Crippen LogP contribution in [0.25, 0.3) is 0 Å². The predicted octanol–water partition coefficient (Wildman–Crippen LogP) is 3.76. The lowest BCUT2D eigenvalue weighted by Crippen LogP contribution is -2.53. The number of carbonyl (C=O) groups is 1. The van der Waals surface area contributed by atoms with Crippen LogP contribution in [-0.2, 0) is 4.43 Å². The molecule has 0 saturated carbocycles. The van der Waals surface area contributed by atoms with E-state index in [2.05, 4.69) is 39.2 Å². The minimum absolute atomic E-state index is 0.185. The van der Waals surface area contributed by atoms with E-state index in [9.17, 15) is 9.90 Å². The molecule has 0 aromatic rings. The molecule has 2 atom stereocenters. The molecule has 23 heavy (non-hydrogen) atoms. The highest BCUT2D eigenvalue weighted by molar-refractivity contribution is 6.74. The van der Waals surface area contributed by atoms with E-state index in [-0.39, 0.29) is 16.7 Å². The summed E-state index contributed by atoms with van der Waals surface area (Å²) in [4.78, 5) is 13.1. The summed E-state index contributed by atoms with van der Waals surface area (Å²) in [6.07, 6.45) is 0.273. The number of amides is 1. The second-order valence-electron chi connectivity index (χ2n) is 9.32. The molecule has 1 fully saturated rings. The Bertz CT molecular complexity index is 413. The van der Waals surface area contributed by atoms with Gasteiger partial charge in [-0.2, -0.15) is 0 Å². The Hall–Kier alpha value is -0.593. The van der Waals surface area contributed by atoms with Crippen LogP contribution in [-0.4, -0.2) is 55.7 Å². The van der Waals surface area contributed by atoms with Crippen LogP contribution in [0.2, 0.25) is 18.1 Å². The summed E-state index contributed by atoms with van der Waals surface area (Å²) in [5.41, 5.74) is -0.376. The van der Waals surface area contributed by atoms with E-state index in [1.54, 1.807) is 4.90 Å². The van der Waals surface area contributed by atoms with Gasteiger partial charge in [0.2, 0.25) is 0 Å². The van der Waals surface area contributed by atoms with Crippen molar-refractivity contribution in [2.75, 3.05) is 19.6 Å². The largest absolute Gasteiger partial charge is 0.465 e. The standard InChI is InChI=1S/C17H36N2O3Si/c1-16(2,3)19(15(20)21)12-13-9-14(11-18-10-13)22-23(7,8)17(4,5)6/h13-14,18H,9-12H2,1-8H3,(H,20,21)/t13-,14+/m0/s1. The maximum absolute atomic E-state index is 11.5. The van der Waals surface area contributed by atoms with Gasteiger partial charge in [-0.1, -0.05) is 20.8 Å². The fourth-order valence-corrected chi connectivity index (χ4v) is 4.07. The Labute approximate surface area is 142 Å². The SMILES string of the molecule is CC(C)(C)N(C[C@@H]1CNC[C@H](O[Si](C)(C)C(C)(C)C)C1)C(=O)O. The highest BCUT2D eigenvalue weighted by atomic mass is 28.4. The normalized spacial score (nSPS) is 23.7. The molecule has 0 aromatic carbocycles. The van der Waals surface area contributed by atoms with Gasteiger partial charge in [0.1, 0.15) is 0 Å². The maximum atomic E-state index is 11.5. The van der Waals surface area contributed by atoms with Crippen molar-refractivity contribution in [2.24, 2.45) is 5.92 Å². The highest BCUT2D eigenvalue weighted by Crippen LogP contribution is 2.38. The lowest BCUT2D eigenvalue weighted by Gasteiger charge is -2.43. The molecule has 1 heterocycles. The van der Waals surface area contributed by atoms with Gasteiger partial charge in [0.05, 0.1) is 6.10 Å². The van der Waals surface area contributed by atoms with Gasteiger partial charge in [-0.25, -0.2) is 4.79 Å². The number of nitrogens with one attached hydrogen (secondary N) is 1. The third-order valence-electron chi connectivity index (χ3n) is 5.15. The molecular formula is C17H36N2O3Si. The zero-order chi connectivity index (χ0) is 18.1. The van der Waals surface area contributed by atoms with E-state index in [4.69, 9.17) is 4.43 Å². The van der Waals surface area contributed by atoms with Crippen molar-refractivity contribution in [1.29, 1.82) is 0 Å². The number of rotatable bonds is 4. The second-order valence-corrected chi connectivity index (χ2v) is 14.1. The number of hydrogen-bond acceptors (Lipinski definition) is 3. The van der Waals surface area contributed by atoms with Gasteiger partial charge in [-0.3, -0.25) is 0 Å². The first-order valence-electron chi connectivity index (χ1n) is 8.63. The topological polar surface area (TPSA) is 61.8 Å². The van der Waals surface area contributed by atoms with E-state index < -0.39 is 14.4 Å². The van der Waals surface area contributed by atoms with Crippen LogP contribution in [0.15, 0.2) is 0 Å². The first kappa shape index (κ1) is 20.5. The highest BCUT2D eigenvalue weighted by Gasteiger charge is 2.40. The molecule has 0 aromatic heterocycles. The van der Waals surface area contributed by atoms with Crippen LogP contribution in [0.1, 0.15) is 48.0 Å². The predicted molar refractivity (Wildman–Crippen MR) is 97.5 cm³/mol. The molecule has 1 amide bonds. The van der Waals surface area contributed by atoms with Gasteiger partial charge in [0.15, 0.2) is 8.32 Å². The molecule has 0 spiro atoms. The molecule has 1 aliphatic heterocycles. The van der Waals surface area contributed by atoms with Crippen LogP contribution in [0.4, 0.5) is 4.79 Å². The number of piperidine rings is 1. The Morgan fingerprint density at radius 1 is 1.22 bits per heavy atom. The minimum atomic E-state index is -1.79. The lowest BCUT2D eigenvalue weighted by molar-refractivity contribution is 0.0648. The molecule has 6 heteroatoms. The first-order chi connectivity index (χ1) is 10.2. The Kier molecular flexibility index (Phi) is 6.32. The molecule has 1 saturated heterocycles. The van der Waals surface area contributed by atoms with Gasteiger partial charge in [-0.15, -0.1) is 0 Å². The summed E-state index contributed by atoms with van der Waals surface area (Å²) >= 11 is 0. The molecule has 0 unspecified atom stereocenters. The van der Waals surface area contributed by atoms with Gasteiger partial charge in [0.25, 0.3) is 0 Å². The third-order valence-corrected chi connectivity index (χ3v) is 9.69. The van der Waals surface area contributed by atoms with Crippen molar-refractivity contribution in [3.63, 3.8) is 0 Å². The van der Waals surface area contributed by atoms with E-state index in [0.29, 0.717) is 12.5 Å². The van der Waals surface area contributed by atoms with Gasteiger partial charge in [-0.05, 0) is 57.8 Å². The molecule has 0 bridgehead atoms. The van der Waals surface area contributed by atoms with Crippen LogP contribution >= 0.6 is 0 Å². The monoisotopic (exact) mass is 344 g/mol. The zero-order valence-corrected chi connectivity index (χ0v) is 17.2. The smallest absolute Gasteiger partial charge is 0.407 e. The summed E-state index contributed by atoms with van der Waals surface area (Å²) in [6, 6.07) is 0. The van der Waals surface area contributed by atoms with Crippen molar-refractivity contribution >= 4 is 14.4 Å². The lowest BCUT2D eigenvalue weighted by atomic mass is 9.95. The van der Waals surface area contributed by atoms with Gasteiger partial charge < -0.3 is 19.7 Å². The van der Waals surface area contributed by atoms with Crippen molar-refractivity contribution in [1.82, 2.24) is 10.2 Å². The Morgan fingerprint density at radius 2 is 1.78 bits per heavy atom.